The van der Waals surface area contributed by atoms with Gasteiger partial charge < -0.3 is 10.1 Å². The van der Waals surface area contributed by atoms with Crippen molar-refractivity contribution in [3.05, 3.63) is 53.3 Å². The van der Waals surface area contributed by atoms with E-state index in [1.54, 1.807) is 6.07 Å². The summed E-state index contributed by atoms with van der Waals surface area (Å²) in [4.78, 5) is 15.0. The number of benzene rings is 1. The van der Waals surface area contributed by atoms with E-state index >= 15 is 0 Å². The lowest BCUT2D eigenvalue weighted by molar-refractivity contribution is -0.274. The molecular formula is C17H16F3N3O2. The number of hydrogen-bond acceptors (Lipinski definition) is 5. The van der Waals surface area contributed by atoms with Crippen molar-refractivity contribution in [2.24, 2.45) is 0 Å². The highest BCUT2D eigenvalue weighted by Gasteiger charge is 2.31. The van der Waals surface area contributed by atoms with Crippen LogP contribution < -0.4 is 10.1 Å². The largest absolute Gasteiger partial charge is 0.573 e. The van der Waals surface area contributed by atoms with Crippen molar-refractivity contribution in [3.8, 4) is 5.75 Å². The van der Waals surface area contributed by atoms with E-state index in [1.165, 1.54) is 18.3 Å². The third-order valence-corrected chi connectivity index (χ3v) is 3.08. The standard InChI is InChI=1S/C17H16F3N3O2/c1-10(2)23-14-6-11(9-24)8-22-16(14)15(21)12-4-3-5-13(7-12)25-17(18,19)20/h3-10,21,23H,1-2H3. The molecule has 0 amide bonds. The van der Waals surface area contributed by atoms with Crippen LogP contribution in [-0.2, 0) is 0 Å². The molecule has 1 heterocycles. The smallest absolute Gasteiger partial charge is 0.406 e. The number of pyridine rings is 1. The maximum Gasteiger partial charge on any atom is 0.573 e. The van der Waals surface area contributed by atoms with Gasteiger partial charge in [-0.25, -0.2) is 0 Å². The number of nitrogens with one attached hydrogen (secondary N) is 2. The number of ether oxygens (including phenoxy) is 1. The van der Waals surface area contributed by atoms with Gasteiger partial charge in [0, 0.05) is 23.4 Å². The van der Waals surface area contributed by atoms with Crippen LogP contribution in [0.1, 0.15) is 35.5 Å². The van der Waals surface area contributed by atoms with Crippen molar-refractivity contribution in [2.45, 2.75) is 26.3 Å². The molecule has 1 aromatic carbocycles. The van der Waals surface area contributed by atoms with Crippen molar-refractivity contribution < 1.29 is 22.7 Å². The van der Waals surface area contributed by atoms with E-state index in [-0.39, 0.29) is 23.0 Å². The molecule has 132 valence electrons. The lowest BCUT2D eigenvalue weighted by atomic mass is 10.0. The molecule has 0 aliphatic heterocycles. The van der Waals surface area contributed by atoms with Gasteiger partial charge in [-0.3, -0.25) is 15.2 Å². The Morgan fingerprint density at radius 2 is 2.04 bits per heavy atom. The number of carbonyl (C=O) groups excluding carboxylic acids is 1. The van der Waals surface area contributed by atoms with Crippen LogP contribution in [0, 0.1) is 5.41 Å². The first kappa shape index (κ1) is 18.4. The number of aromatic nitrogens is 1. The molecule has 5 nitrogen and oxygen atoms in total. The molecule has 0 radical (unpaired) electrons. The maximum absolute atomic E-state index is 12.4. The summed E-state index contributed by atoms with van der Waals surface area (Å²) in [6.07, 6.45) is -2.88. The molecule has 0 bridgehead atoms. The molecule has 8 heteroatoms. The van der Waals surface area contributed by atoms with Crippen LogP contribution >= 0.6 is 0 Å². The second-order valence-corrected chi connectivity index (χ2v) is 5.53. The minimum Gasteiger partial charge on any atom is -0.406 e. The first-order chi connectivity index (χ1) is 11.7. The van der Waals surface area contributed by atoms with Gasteiger partial charge >= 0.3 is 6.36 Å². The van der Waals surface area contributed by atoms with Crippen molar-refractivity contribution in [1.82, 2.24) is 4.98 Å². The molecule has 0 atom stereocenters. The van der Waals surface area contributed by atoms with Crippen LogP contribution in [0.3, 0.4) is 0 Å². The van der Waals surface area contributed by atoms with Crippen molar-refractivity contribution >= 4 is 17.7 Å². The van der Waals surface area contributed by atoms with Crippen LogP contribution in [0.15, 0.2) is 36.5 Å². The Labute approximate surface area is 142 Å². The van der Waals surface area contributed by atoms with E-state index in [9.17, 15) is 18.0 Å². The molecule has 2 aromatic rings. The van der Waals surface area contributed by atoms with E-state index < -0.39 is 12.1 Å². The zero-order valence-corrected chi connectivity index (χ0v) is 13.5. The summed E-state index contributed by atoms with van der Waals surface area (Å²) in [6, 6.07) is 6.67. The normalized spacial score (nSPS) is 11.3. The van der Waals surface area contributed by atoms with E-state index in [0.29, 0.717) is 17.5 Å². The van der Waals surface area contributed by atoms with Crippen molar-refractivity contribution in [3.63, 3.8) is 0 Å². The second-order valence-electron chi connectivity index (χ2n) is 5.53. The predicted molar refractivity (Wildman–Crippen MR) is 87.4 cm³/mol. The molecule has 25 heavy (non-hydrogen) atoms. The molecule has 0 fully saturated rings. The quantitative estimate of drug-likeness (QED) is 0.609. The molecule has 0 saturated carbocycles. The number of anilines is 1. The zero-order valence-electron chi connectivity index (χ0n) is 13.5. The fourth-order valence-corrected chi connectivity index (χ4v) is 2.15. The summed E-state index contributed by atoms with van der Waals surface area (Å²) in [5.74, 6) is -0.419. The Balaban J connectivity index is 2.40. The molecular weight excluding hydrogens is 335 g/mol. The summed E-state index contributed by atoms with van der Waals surface area (Å²) < 4.78 is 41.0. The average molecular weight is 351 g/mol. The highest BCUT2D eigenvalue weighted by molar-refractivity contribution is 6.13. The third kappa shape index (κ3) is 5.03. The summed E-state index contributed by atoms with van der Waals surface area (Å²) in [6.45, 7) is 3.75. The van der Waals surface area contributed by atoms with Gasteiger partial charge in [0.1, 0.15) is 11.4 Å². The van der Waals surface area contributed by atoms with Gasteiger partial charge in [0.25, 0.3) is 0 Å². The minimum atomic E-state index is -4.81. The molecule has 0 saturated heterocycles. The number of carbonyl (C=O) groups is 1. The monoisotopic (exact) mass is 351 g/mol. The van der Waals surface area contributed by atoms with Crippen molar-refractivity contribution in [1.29, 1.82) is 5.41 Å². The summed E-state index contributed by atoms with van der Waals surface area (Å²) in [5.41, 5.74) is 1.12. The summed E-state index contributed by atoms with van der Waals surface area (Å²) >= 11 is 0. The van der Waals surface area contributed by atoms with Gasteiger partial charge in [-0.2, -0.15) is 0 Å². The summed E-state index contributed by atoms with van der Waals surface area (Å²) in [7, 11) is 0. The van der Waals surface area contributed by atoms with E-state index in [2.05, 4.69) is 15.0 Å². The van der Waals surface area contributed by atoms with Crippen LogP contribution in [0.25, 0.3) is 0 Å². The van der Waals surface area contributed by atoms with Gasteiger partial charge in [0.2, 0.25) is 0 Å². The van der Waals surface area contributed by atoms with Gasteiger partial charge in [-0.15, -0.1) is 13.2 Å². The number of alkyl halides is 3. The highest BCUT2D eigenvalue weighted by Crippen LogP contribution is 2.25. The molecule has 0 spiro atoms. The second kappa shape index (κ2) is 7.33. The number of nitrogens with zero attached hydrogens (tertiary/aromatic N) is 1. The van der Waals surface area contributed by atoms with Gasteiger partial charge in [0.15, 0.2) is 6.29 Å². The van der Waals surface area contributed by atoms with Crippen LogP contribution in [0.5, 0.6) is 5.75 Å². The predicted octanol–water partition coefficient (Wildman–Crippen LogP) is 4.03. The Kier molecular flexibility index (Phi) is 5.41. The zero-order chi connectivity index (χ0) is 18.6. The lowest BCUT2D eigenvalue weighted by Crippen LogP contribution is -2.18. The van der Waals surface area contributed by atoms with Gasteiger partial charge in [-0.1, -0.05) is 12.1 Å². The van der Waals surface area contributed by atoms with Crippen LogP contribution in [-0.4, -0.2) is 29.4 Å². The van der Waals surface area contributed by atoms with Crippen LogP contribution in [0.2, 0.25) is 0 Å². The van der Waals surface area contributed by atoms with E-state index in [1.807, 2.05) is 13.8 Å². The minimum absolute atomic E-state index is 0.00940. The number of hydrogen-bond donors (Lipinski definition) is 2. The summed E-state index contributed by atoms with van der Waals surface area (Å²) in [5, 5.41) is 11.4. The fraction of sp³-hybridized carbons (Fsp3) is 0.235. The maximum atomic E-state index is 12.4. The highest BCUT2D eigenvalue weighted by atomic mass is 19.4. The van der Waals surface area contributed by atoms with Gasteiger partial charge in [0.05, 0.1) is 11.4 Å². The molecule has 2 rings (SSSR count). The Morgan fingerprint density at radius 1 is 1.32 bits per heavy atom. The molecule has 2 N–H and O–H groups in total. The average Bonchev–Trinajstić information content (AvgIpc) is 2.52. The lowest BCUT2D eigenvalue weighted by Gasteiger charge is -2.16. The molecule has 0 aliphatic rings. The molecule has 0 aliphatic carbocycles. The van der Waals surface area contributed by atoms with Gasteiger partial charge in [-0.05, 0) is 32.0 Å². The Hall–Kier alpha value is -2.90. The topological polar surface area (TPSA) is 75.1 Å². The molecule has 1 aromatic heterocycles. The SMILES string of the molecule is CC(C)Nc1cc(C=O)cnc1C(=N)c1cccc(OC(F)(F)F)c1. The first-order valence-corrected chi connectivity index (χ1v) is 7.36. The fourth-order valence-electron chi connectivity index (χ4n) is 2.15. The Bertz CT molecular complexity index is 789. The Morgan fingerprint density at radius 3 is 2.64 bits per heavy atom. The van der Waals surface area contributed by atoms with E-state index in [0.717, 1.165) is 12.1 Å². The van der Waals surface area contributed by atoms with E-state index in [4.69, 9.17) is 5.41 Å². The molecule has 0 unspecified atom stereocenters. The third-order valence-electron chi connectivity index (χ3n) is 3.08. The number of rotatable bonds is 6. The van der Waals surface area contributed by atoms with Crippen LogP contribution in [0.4, 0.5) is 18.9 Å². The van der Waals surface area contributed by atoms with Crippen molar-refractivity contribution in [2.75, 3.05) is 5.32 Å². The number of halogens is 3. The number of aldehydes is 1. The first-order valence-electron chi connectivity index (χ1n) is 7.36.